The average molecular weight is 284 g/mol. The van der Waals surface area contributed by atoms with Crippen LogP contribution in [0.4, 0.5) is 4.39 Å². The molecule has 0 radical (unpaired) electrons. The molecule has 0 spiro atoms. The van der Waals surface area contributed by atoms with E-state index in [2.05, 4.69) is 0 Å². The number of hydrogen-bond donors (Lipinski definition) is 2. The molecule has 0 bridgehead atoms. The monoisotopic (exact) mass is 284 g/mol. The quantitative estimate of drug-likeness (QED) is 0.870. The van der Waals surface area contributed by atoms with E-state index < -0.39 is 12.2 Å². The molecular formula is C15H21FO4. The summed E-state index contributed by atoms with van der Waals surface area (Å²) in [5.74, 6) is 0.353. The minimum atomic E-state index is -0.859. The Hall–Kier alpha value is -1.33. The molecule has 2 N–H and O–H groups in total. The van der Waals surface area contributed by atoms with E-state index in [0.29, 0.717) is 43.1 Å². The van der Waals surface area contributed by atoms with Crippen LogP contribution in [0.3, 0.4) is 0 Å². The van der Waals surface area contributed by atoms with E-state index in [9.17, 15) is 14.6 Å². The van der Waals surface area contributed by atoms with Crippen molar-refractivity contribution in [2.24, 2.45) is 0 Å². The van der Waals surface area contributed by atoms with Gasteiger partial charge in [0.15, 0.2) is 11.5 Å². The van der Waals surface area contributed by atoms with Gasteiger partial charge >= 0.3 is 0 Å². The number of aliphatic hydroxyl groups is 2. The van der Waals surface area contributed by atoms with Gasteiger partial charge < -0.3 is 19.7 Å². The van der Waals surface area contributed by atoms with Crippen LogP contribution in [0, 0.1) is 5.82 Å². The first kappa shape index (κ1) is 15.1. The summed E-state index contributed by atoms with van der Waals surface area (Å²) >= 11 is 0. The molecule has 1 aromatic carbocycles. The highest BCUT2D eigenvalue weighted by atomic mass is 19.1. The Morgan fingerprint density at radius 2 is 1.75 bits per heavy atom. The standard InChI is InChI=1S/C15H21FO4/c1-3-12(17)13(18)6-9(2)10-7-14-15(8-11(10)16)20-5-4-19-14/h7-9,12-13,17-18H,3-6H2,1-2H3. The fraction of sp³-hybridized carbons (Fsp3) is 0.600. The topological polar surface area (TPSA) is 58.9 Å². The van der Waals surface area contributed by atoms with Gasteiger partial charge in [0, 0.05) is 6.07 Å². The molecule has 1 aliphatic rings. The molecule has 3 unspecified atom stereocenters. The van der Waals surface area contributed by atoms with E-state index >= 15 is 0 Å². The molecule has 0 amide bonds. The third-order valence-electron chi connectivity index (χ3n) is 3.65. The molecule has 0 saturated heterocycles. The highest BCUT2D eigenvalue weighted by Gasteiger charge is 2.23. The van der Waals surface area contributed by atoms with Crippen LogP contribution in [0.1, 0.15) is 38.2 Å². The Labute approximate surface area is 118 Å². The van der Waals surface area contributed by atoms with E-state index in [1.54, 1.807) is 13.0 Å². The molecule has 2 rings (SSSR count). The second kappa shape index (κ2) is 6.41. The Morgan fingerprint density at radius 1 is 1.15 bits per heavy atom. The predicted octanol–water partition coefficient (Wildman–Crippen LogP) is 2.22. The minimum Gasteiger partial charge on any atom is -0.486 e. The van der Waals surface area contributed by atoms with Crippen molar-refractivity contribution in [3.8, 4) is 11.5 Å². The fourth-order valence-corrected chi connectivity index (χ4v) is 2.38. The molecule has 0 aliphatic carbocycles. The summed E-state index contributed by atoms with van der Waals surface area (Å²) in [6.45, 7) is 4.48. The molecule has 5 heteroatoms. The van der Waals surface area contributed by atoms with Crippen molar-refractivity contribution in [2.75, 3.05) is 13.2 Å². The lowest BCUT2D eigenvalue weighted by molar-refractivity contribution is 0.00935. The molecule has 112 valence electrons. The first-order valence-electron chi connectivity index (χ1n) is 6.98. The molecule has 1 aliphatic heterocycles. The number of hydrogen-bond acceptors (Lipinski definition) is 4. The Kier molecular flexibility index (Phi) is 4.83. The first-order chi connectivity index (χ1) is 9.52. The number of fused-ring (bicyclic) bond motifs is 1. The minimum absolute atomic E-state index is 0.220. The van der Waals surface area contributed by atoms with Gasteiger partial charge in [-0.2, -0.15) is 0 Å². The van der Waals surface area contributed by atoms with E-state index in [1.165, 1.54) is 6.07 Å². The van der Waals surface area contributed by atoms with Crippen LogP contribution in [0.15, 0.2) is 12.1 Å². The summed E-state index contributed by atoms with van der Waals surface area (Å²) in [6, 6.07) is 2.95. The summed E-state index contributed by atoms with van der Waals surface area (Å²) in [4.78, 5) is 0. The lowest BCUT2D eigenvalue weighted by atomic mass is 9.92. The second-order valence-corrected chi connectivity index (χ2v) is 5.20. The van der Waals surface area contributed by atoms with Crippen molar-refractivity contribution in [2.45, 2.75) is 44.8 Å². The van der Waals surface area contributed by atoms with Gasteiger partial charge in [0.25, 0.3) is 0 Å². The van der Waals surface area contributed by atoms with E-state index in [4.69, 9.17) is 9.47 Å². The normalized spacial score (nSPS) is 18.4. The van der Waals surface area contributed by atoms with Gasteiger partial charge in [-0.25, -0.2) is 4.39 Å². The second-order valence-electron chi connectivity index (χ2n) is 5.20. The summed E-state index contributed by atoms with van der Waals surface area (Å²) < 4.78 is 24.8. The highest BCUT2D eigenvalue weighted by Crippen LogP contribution is 2.36. The molecule has 3 atom stereocenters. The number of aliphatic hydroxyl groups excluding tert-OH is 2. The zero-order chi connectivity index (χ0) is 14.7. The van der Waals surface area contributed by atoms with Gasteiger partial charge in [-0.1, -0.05) is 13.8 Å². The van der Waals surface area contributed by atoms with Crippen LogP contribution in [0.5, 0.6) is 11.5 Å². The van der Waals surface area contributed by atoms with Crippen LogP contribution < -0.4 is 9.47 Å². The van der Waals surface area contributed by atoms with Gasteiger partial charge in [-0.05, 0) is 30.4 Å². The zero-order valence-corrected chi connectivity index (χ0v) is 11.8. The predicted molar refractivity (Wildman–Crippen MR) is 72.7 cm³/mol. The molecule has 4 nitrogen and oxygen atoms in total. The first-order valence-corrected chi connectivity index (χ1v) is 6.98. The summed E-state index contributed by atoms with van der Waals surface area (Å²) in [5.41, 5.74) is 0.469. The van der Waals surface area contributed by atoms with E-state index in [1.807, 2.05) is 6.92 Å². The summed E-state index contributed by atoms with van der Waals surface area (Å²) in [5, 5.41) is 19.4. The highest BCUT2D eigenvalue weighted by molar-refractivity contribution is 5.45. The Balaban J connectivity index is 2.15. The third-order valence-corrected chi connectivity index (χ3v) is 3.65. The van der Waals surface area contributed by atoms with Gasteiger partial charge in [0.1, 0.15) is 19.0 Å². The van der Waals surface area contributed by atoms with Gasteiger partial charge in [0.05, 0.1) is 12.2 Å². The number of halogens is 1. The number of ether oxygens (including phenoxy) is 2. The zero-order valence-electron chi connectivity index (χ0n) is 11.8. The Bertz CT molecular complexity index is 463. The van der Waals surface area contributed by atoms with Crippen LogP contribution >= 0.6 is 0 Å². The maximum absolute atomic E-state index is 14.1. The molecule has 0 saturated carbocycles. The van der Waals surface area contributed by atoms with Crippen molar-refractivity contribution in [1.82, 2.24) is 0 Å². The third kappa shape index (κ3) is 3.22. The molecule has 0 fully saturated rings. The van der Waals surface area contributed by atoms with Crippen LogP contribution in [-0.4, -0.2) is 35.6 Å². The van der Waals surface area contributed by atoms with Gasteiger partial charge in [-0.3, -0.25) is 0 Å². The van der Waals surface area contributed by atoms with Crippen molar-refractivity contribution in [3.05, 3.63) is 23.5 Å². The molecule has 1 aromatic rings. The van der Waals surface area contributed by atoms with Crippen molar-refractivity contribution >= 4 is 0 Å². The maximum Gasteiger partial charge on any atom is 0.164 e. The summed E-state index contributed by atoms with van der Waals surface area (Å²) in [7, 11) is 0. The SMILES string of the molecule is CCC(O)C(O)CC(C)c1cc2c(cc1F)OCCO2. The van der Waals surface area contributed by atoms with E-state index in [0.717, 1.165) is 0 Å². The van der Waals surface area contributed by atoms with Crippen LogP contribution in [-0.2, 0) is 0 Å². The maximum atomic E-state index is 14.1. The lowest BCUT2D eigenvalue weighted by Crippen LogP contribution is -2.26. The lowest BCUT2D eigenvalue weighted by Gasteiger charge is -2.23. The van der Waals surface area contributed by atoms with Crippen molar-refractivity contribution in [1.29, 1.82) is 0 Å². The Morgan fingerprint density at radius 3 is 2.35 bits per heavy atom. The van der Waals surface area contributed by atoms with Crippen molar-refractivity contribution < 1.29 is 24.1 Å². The number of rotatable bonds is 5. The largest absolute Gasteiger partial charge is 0.486 e. The van der Waals surface area contributed by atoms with Crippen molar-refractivity contribution in [3.63, 3.8) is 0 Å². The molecule has 1 heterocycles. The molecule has 0 aromatic heterocycles. The van der Waals surface area contributed by atoms with Crippen LogP contribution in [0.2, 0.25) is 0 Å². The molecule has 20 heavy (non-hydrogen) atoms. The number of benzene rings is 1. The fourth-order valence-electron chi connectivity index (χ4n) is 2.38. The van der Waals surface area contributed by atoms with E-state index in [-0.39, 0.29) is 11.7 Å². The molecular weight excluding hydrogens is 263 g/mol. The van der Waals surface area contributed by atoms with Gasteiger partial charge in [0.2, 0.25) is 0 Å². The van der Waals surface area contributed by atoms with Gasteiger partial charge in [-0.15, -0.1) is 0 Å². The summed E-state index contributed by atoms with van der Waals surface area (Å²) in [6.07, 6.45) is -0.872. The average Bonchev–Trinajstić information content (AvgIpc) is 2.45. The van der Waals surface area contributed by atoms with Crippen LogP contribution in [0.25, 0.3) is 0 Å². The smallest absolute Gasteiger partial charge is 0.164 e.